The van der Waals surface area contributed by atoms with Gasteiger partial charge in [-0.2, -0.15) is 0 Å². The number of nitrogens with zero attached hydrogens (tertiary/aromatic N) is 1. The Bertz CT molecular complexity index is 842. The first-order valence-corrected chi connectivity index (χ1v) is 13.5. The monoisotopic (exact) mass is 406 g/mol. The van der Waals surface area contributed by atoms with Gasteiger partial charge in [-0.05, 0) is 24.5 Å². The molecule has 1 saturated heterocycles. The Kier molecular flexibility index (Phi) is 7.04. The van der Waals surface area contributed by atoms with E-state index in [9.17, 15) is 9.59 Å². The van der Waals surface area contributed by atoms with Crippen molar-refractivity contribution in [2.75, 3.05) is 19.3 Å². The number of hydrogen-bond acceptors (Lipinski definition) is 2. The molecule has 4 nitrogen and oxygen atoms in total. The molecule has 0 spiro atoms. The summed E-state index contributed by atoms with van der Waals surface area (Å²) >= 11 is 0. The van der Waals surface area contributed by atoms with Crippen LogP contribution in [0.4, 0.5) is 0 Å². The summed E-state index contributed by atoms with van der Waals surface area (Å²) in [5.41, 5.74) is 1.01. The first-order valence-electron chi connectivity index (χ1n) is 10.3. The molecule has 3 rings (SSSR count). The second kappa shape index (κ2) is 9.70. The van der Waals surface area contributed by atoms with Crippen LogP contribution in [0.25, 0.3) is 6.08 Å². The molecule has 0 bridgehead atoms. The first-order chi connectivity index (χ1) is 14.0. The lowest BCUT2D eigenvalue weighted by Gasteiger charge is -2.31. The van der Waals surface area contributed by atoms with Crippen molar-refractivity contribution < 1.29 is 9.59 Å². The van der Waals surface area contributed by atoms with E-state index in [0.717, 1.165) is 24.6 Å². The lowest BCUT2D eigenvalue weighted by Crippen LogP contribution is -2.53. The number of amides is 2. The highest BCUT2D eigenvalue weighted by Gasteiger charge is 2.29. The van der Waals surface area contributed by atoms with Gasteiger partial charge in [0.05, 0.1) is 0 Å². The fraction of sp³-hybridized carbons (Fsp3) is 0.333. The van der Waals surface area contributed by atoms with Crippen LogP contribution in [-0.2, 0) is 9.59 Å². The third-order valence-corrected chi connectivity index (χ3v) is 8.61. The summed E-state index contributed by atoms with van der Waals surface area (Å²) in [5, 5.41) is 4.54. The van der Waals surface area contributed by atoms with Crippen LogP contribution in [0, 0.1) is 5.92 Å². The van der Waals surface area contributed by atoms with Crippen LogP contribution in [0.2, 0.25) is 13.1 Å². The molecule has 1 fully saturated rings. The summed E-state index contributed by atoms with van der Waals surface area (Å²) in [7, 11) is -1.69. The molecule has 0 saturated carbocycles. The van der Waals surface area contributed by atoms with Gasteiger partial charge in [0.2, 0.25) is 11.8 Å². The standard InChI is InChI=1S/C24H30N2O2Si/c1-29(2,22-11-7-4-8-12-22)19-25-24(28)21-15-17-26(18-16-21)23(27)14-13-20-9-5-3-6-10-20/h3-14,21H,15-19H2,1-2H3,(H,25,28). The maximum absolute atomic E-state index is 12.7. The lowest BCUT2D eigenvalue weighted by molar-refractivity contribution is -0.131. The Balaban J connectivity index is 1.45. The molecule has 0 unspecified atom stereocenters. The second-order valence-electron chi connectivity index (χ2n) is 8.31. The maximum atomic E-state index is 12.7. The number of benzene rings is 2. The summed E-state index contributed by atoms with van der Waals surface area (Å²) in [4.78, 5) is 26.9. The lowest BCUT2D eigenvalue weighted by atomic mass is 9.96. The Hall–Kier alpha value is -2.66. The van der Waals surface area contributed by atoms with Crippen molar-refractivity contribution in [2.24, 2.45) is 5.92 Å². The largest absolute Gasteiger partial charge is 0.358 e. The molecular weight excluding hydrogens is 376 g/mol. The van der Waals surface area contributed by atoms with Gasteiger partial charge in [-0.25, -0.2) is 0 Å². The van der Waals surface area contributed by atoms with E-state index in [1.807, 2.05) is 47.4 Å². The summed E-state index contributed by atoms with van der Waals surface area (Å²) in [6.07, 6.45) is 5.67. The van der Waals surface area contributed by atoms with Gasteiger partial charge in [-0.1, -0.05) is 78.9 Å². The van der Waals surface area contributed by atoms with Crippen molar-refractivity contribution in [1.29, 1.82) is 0 Å². The molecule has 5 heteroatoms. The molecule has 2 aromatic carbocycles. The van der Waals surface area contributed by atoms with Crippen molar-refractivity contribution in [2.45, 2.75) is 25.9 Å². The Morgan fingerprint density at radius 3 is 2.21 bits per heavy atom. The molecule has 0 atom stereocenters. The average Bonchev–Trinajstić information content (AvgIpc) is 2.77. The zero-order valence-electron chi connectivity index (χ0n) is 17.3. The Labute approximate surface area is 174 Å². The predicted molar refractivity (Wildman–Crippen MR) is 121 cm³/mol. The summed E-state index contributed by atoms with van der Waals surface area (Å²) in [6.45, 7) is 5.83. The van der Waals surface area contributed by atoms with E-state index in [1.54, 1.807) is 6.08 Å². The van der Waals surface area contributed by atoms with E-state index in [4.69, 9.17) is 0 Å². The van der Waals surface area contributed by atoms with E-state index in [1.165, 1.54) is 5.19 Å². The molecule has 29 heavy (non-hydrogen) atoms. The molecule has 2 aromatic rings. The number of nitrogens with one attached hydrogen (secondary N) is 1. The summed E-state index contributed by atoms with van der Waals surface area (Å²) < 4.78 is 0. The average molecular weight is 407 g/mol. The topological polar surface area (TPSA) is 49.4 Å². The van der Waals surface area contributed by atoms with Crippen molar-refractivity contribution >= 4 is 31.2 Å². The molecule has 1 aliphatic rings. The van der Waals surface area contributed by atoms with Crippen molar-refractivity contribution in [3.05, 3.63) is 72.3 Å². The van der Waals surface area contributed by atoms with Crippen molar-refractivity contribution in [3.63, 3.8) is 0 Å². The van der Waals surface area contributed by atoms with Crippen LogP contribution in [0.1, 0.15) is 18.4 Å². The van der Waals surface area contributed by atoms with E-state index in [0.29, 0.717) is 13.1 Å². The van der Waals surface area contributed by atoms with Crippen LogP contribution in [0.15, 0.2) is 66.7 Å². The molecule has 0 aliphatic carbocycles. The Morgan fingerprint density at radius 2 is 1.59 bits per heavy atom. The third-order valence-electron chi connectivity index (χ3n) is 5.66. The van der Waals surface area contributed by atoms with Gasteiger partial charge < -0.3 is 10.2 Å². The minimum absolute atomic E-state index is 0.00211. The molecule has 152 valence electrons. The van der Waals surface area contributed by atoms with Gasteiger partial charge in [-0.15, -0.1) is 0 Å². The van der Waals surface area contributed by atoms with Crippen molar-refractivity contribution in [3.8, 4) is 0 Å². The van der Waals surface area contributed by atoms with Crippen LogP contribution in [0.3, 0.4) is 0 Å². The van der Waals surface area contributed by atoms with Crippen LogP contribution in [-0.4, -0.2) is 44.0 Å². The van der Waals surface area contributed by atoms with Crippen LogP contribution >= 0.6 is 0 Å². The van der Waals surface area contributed by atoms with Gasteiger partial charge in [0.25, 0.3) is 0 Å². The molecule has 1 N–H and O–H groups in total. The SMILES string of the molecule is C[Si](C)(CNC(=O)C1CCN(C(=O)C=Cc2ccccc2)CC1)c1ccccc1. The highest BCUT2D eigenvalue weighted by atomic mass is 28.3. The zero-order valence-corrected chi connectivity index (χ0v) is 18.3. The first kappa shape index (κ1) is 21.1. The number of hydrogen-bond donors (Lipinski definition) is 1. The highest BCUT2D eigenvalue weighted by Crippen LogP contribution is 2.18. The van der Waals surface area contributed by atoms with Gasteiger partial charge in [0.15, 0.2) is 0 Å². The fourth-order valence-corrected chi connectivity index (χ4v) is 5.56. The minimum Gasteiger partial charge on any atom is -0.358 e. The molecule has 2 amide bonds. The molecular formula is C24H30N2O2Si. The quantitative estimate of drug-likeness (QED) is 0.592. The van der Waals surface area contributed by atoms with Crippen LogP contribution in [0.5, 0.6) is 0 Å². The number of piperidine rings is 1. The molecule has 1 heterocycles. The molecule has 0 aromatic heterocycles. The second-order valence-corrected chi connectivity index (χ2v) is 13.0. The number of carbonyl (C=O) groups is 2. The Morgan fingerprint density at radius 1 is 1.00 bits per heavy atom. The minimum atomic E-state index is -1.69. The van der Waals surface area contributed by atoms with Gasteiger partial charge in [-0.3, -0.25) is 9.59 Å². The third kappa shape index (κ3) is 5.91. The fourth-order valence-electron chi connectivity index (χ4n) is 3.64. The predicted octanol–water partition coefficient (Wildman–Crippen LogP) is 3.21. The smallest absolute Gasteiger partial charge is 0.246 e. The summed E-state index contributed by atoms with van der Waals surface area (Å²) in [6, 6.07) is 20.3. The number of carbonyl (C=O) groups excluding carboxylic acids is 2. The van der Waals surface area contributed by atoms with E-state index >= 15 is 0 Å². The van der Waals surface area contributed by atoms with E-state index in [2.05, 4.69) is 42.7 Å². The summed E-state index contributed by atoms with van der Waals surface area (Å²) in [5.74, 6) is 0.150. The van der Waals surface area contributed by atoms with Gasteiger partial charge in [0.1, 0.15) is 8.07 Å². The van der Waals surface area contributed by atoms with E-state index < -0.39 is 8.07 Å². The normalized spacial score (nSPS) is 15.4. The van der Waals surface area contributed by atoms with Gasteiger partial charge in [0, 0.05) is 31.3 Å². The molecule has 1 aliphatic heterocycles. The highest BCUT2D eigenvalue weighted by molar-refractivity contribution is 6.90. The molecule has 0 radical (unpaired) electrons. The zero-order chi connectivity index (χ0) is 20.7. The van der Waals surface area contributed by atoms with Crippen molar-refractivity contribution in [1.82, 2.24) is 10.2 Å². The van der Waals surface area contributed by atoms with Crippen LogP contribution < -0.4 is 10.5 Å². The van der Waals surface area contributed by atoms with E-state index in [-0.39, 0.29) is 17.7 Å². The maximum Gasteiger partial charge on any atom is 0.246 e. The number of likely N-dealkylation sites (tertiary alicyclic amines) is 1. The van der Waals surface area contributed by atoms with Gasteiger partial charge >= 0.3 is 0 Å². The number of rotatable bonds is 6.